The molecule has 0 saturated carbocycles. The summed E-state index contributed by atoms with van der Waals surface area (Å²) in [6.07, 6.45) is 3.82. The largest absolute Gasteiger partial charge is 0.493 e. The summed E-state index contributed by atoms with van der Waals surface area (Å²) in [5, 5.41) is 0. The molecule has 2 aromatic heterocycles. The highest BCUT2D eigenvalue weighted by Gasteiger charge is 2.12. The number of nitrogens with zero attached hydrogens (tertiary/aromatic N) is 4. The minimum atomic E-state index is 0.702. The number of rotatable bonds is 5. The van der Waals surface area contributed by atoms with Crippen LogP contribution in [0.4, 0.5) is 5.82 Å². The Morgan fingerprint density at radius 1 is 1.37 bits per heavy atom. The molecule has 0 atom stereocenters. The fourth-order valence-electron chi connectivity index (χ4n) is 2.03. The first kappa shape index (κ1) is 13.4. The fraction of sp³-hybridized carbons (Fsp3) is 0.429. The van der Waals surface area contributed by atoms with Crippen molar-refractivity contribution in [1.29, 1.82) is 0 Å². The molecule has 0 bridgehead atoms. The SMILES string of the molecule is CCn1ccnc1CN(C)c1nc(C)ccc1OC. The molecule has 0 aromatic carbocycles. The molecule has 0 aliphatic heterocycles. The van der Waals surface area contributed by atoms with Crippen LogP contribution in [0.3, 0.4) is 0 Å². The van der Waals surface area contributed by atoms with E-state index in [0.29, 0.717) is 6.54 Å². The monoisotopic (exact) mass is 260 g/mol. The average Bonchev–Trinajstić information content (AvgIpc) is 2.85. The standard InChI is InChI=1S/C14H20N4O/c1-5-18-9-8-15-13(18)10-17(3)14-12(19-4)7-6-11(2)16-14/h6-9H,5,10H2,1-4H3. The summed E-state index contributed by atoms with van der Waals surface area (Å²) in [7, 11) is 3.66. The Hall–Kier alpha value is -2.04. The highest BCUT2D eigenvalue weighted by Crippen LogP contribution is 2.25. The summed E-state index contributed by atoms with van der Waals surface area (Å²) in [5.41, 5.74) is 0.974. The lowest BCUT2D eigenvalue weighted by Crippen LogP contribution is -2.21. The molecule has 102 valence electrons. The maximum atomic E-state index is 5.37. The van der Waals surface area contributed by atoms with E-state index in [9.17, 15) is 0 Å². The average molecular weight is 260 g/mol. The third-order valence-corrected chi connectivity index (χ3v) is 3.08. The summed E-state index contributed by atoms with van der Waals surface area (Å²) in [6.45, 7) is 5.70. The van der Waals surface area contributed by atoms with Crippen molar-refractivity contribution in [3.8, 4) is 5.75 Å². The summed E-state index contributed by atoms with van der Waals surface area (Å²) in [5.74, 6) is 2.64. The van der Waals surface area contributed by atoms with Gasteiger partial charge in [-0.3, -0.25) is 0 Å². The molecule has 0 N–H and O–H groups in total. The number of pyridine rings is 1. The zero-order valence-electron chi connectivity index (χ0n) is 11.9. The van der Waals surface area contributed by atoms with E-state index < -0.39 is 0 Å². The van der Waals surface area contributed by atoms with Crippen molar-refractivity contribution in [3.63, 3.8) is 0 Å². The lowest BCUT2D eigenvalue weighted by Gasteiger charge is -2.21. The Morgan fingerprint density at radius 2 is 2.16 bits per heavy atom. The highest BCUT2D eigenvalue weighted by molar-refractivity contribution is 5.52. The van der Waals surface area contributed by atoms with Gasteiger partial charge >= 0.3 is 0 Å². The van der Waals surface area contributed by atoms with E-state index in [-0.39, 0.29) is 0 Å². The van der Waals surface area contributed by atoms with Gasteiger partial charge in [0.1, 0.15) is 5.82 Å². The zero-order chi connectivity index (χ0) is 13.8. The van der Waals surface area contributed by atoms with Gasteiger partial charge in [0.05, 0.1) is 13.7 Å². The molecule has 2 heterocycles. The Morgan fingerprint density at radius 3 is 2.84 bits per heavy atom. The normalized spacial score (nSPS) is 10.5. The highest BCUT2D eigenvalue weighted by atomic mass is 16.5. The first-order chi connectivity index (χ1) is 9.15. The van der Waals surface area contributed by atoms with Gasteiger partial charge in [-0.2, -0.15) is 0 Å². The second-order valence-electron chi connectivity index (χ2n) is 4.46. The van der Waals surface area contributed by atoms with E-state index in [4.69, 9.17) is 4.74 Å². The van der Waals surface area contributed by atoms with E-state index in [1.54, 1.807) is 7.11 Å². The van der Waals surface area contributed by atoms with Gasteiger partial charge in [-0.15, -0.1) is 0 Å². The van der Waals surface area contributed by atoms with Crippen LogP contribution in [-0.2, 0) is 13.1 Å². The number of ether oxygens (including phenoxy) is 1. The molecular weight excluding hydrogens is 240 g/mol. The van der Waals surface area contributed by atoms with Crippen molar-refractivity contribution in [2.75, 3.05) is 19.1 Å². The summed E-state index contributed by atoms with van der Waals surface area (Å²) >= 11 is 0. The first-order valence-electron chi connectivity index (χ1n) is 6.38. The van der Waals surface area contributed by atoms with Crippen molar-refractivity contribution in [2.24, 2.45) is 0 Å². The summed E-state index contributed by atoms with van der Waals surface area (Å²) in [6, 6.07) is 3.89. The molecular formula is C14H20N4O. The molecule has 2 aromatic rings. The number of methoxy groups -OCH3 is 1. The van der Waals surface area contributed by atoms with Gasteiger partial charge < -0.3 is 14.2 Å². The number of anilines is 1. The molecule has 5 nitrogen and oxygen atoms in total. The van der Waals surface area contributed by atoms with E-state index in [1.807, 2.05) is 38.5 Å². The van der Waals surface area contributed by atoms with Gasteiger partial charge in [0, 0.05) is 31.7 Å². The van der Waals surface area contributed by atoms with Gasteiger partial charge in [0.15, 0.2) is 11.6 Å². The third kappa shape index (κ3) is 2.86. The second kappa shape index (κ2) is 5.73. The number of aryl methyl sites for hydroxylation is 2. The Bertz CT molecular complexity index is 550. The van der Waals surface area contributed by atoms with Crippen molar-refractivity contribution in [3.05, 3.63) is 36.0 Å². The van der Waals surface area contributed by atoms with Crippen LogP contribution in [0.2, 0.25) is 0 Å². The molecule has 0 saturated heterocycles. The van der Waals surface area contributed by atoms with Crippen molar-refractivity contribution in [2.45, 2.75) is 26.9 Å². The van der Waals surface area contributed by atoms with Crippen molar-refractivity contribution in [1.82, 2.24) is 14.5 Å². The van der Waals surface area contributed by atoms with Crippen molar-refractivity contribution < 1.29 is 4.74 Å². The molecule has 0 aliphatic rings. The lowest BCUT2D eigenvalue weighted by molar-refractivity contribution is 0.412. The predicted octanol–water partition coefficient (Wildman–Crippen LogP) is 2.25. The number of hydrogen-bond acceptors (Lipinski definition) is 4. The molecule has 0 radical (unpaired) electrons. The lowest BCUT2D eigenvalue weighted by atomic mass is 10.3. The minimum absolute atomic E-state index is 0.702. The first-order valence-corrected chi connectivity index (χ1v) is 6.38. The van der Waals surface area contributed by atoms with Crippen LogP contribution in [0.5, 0.6) is 5.75 Å². The van der Waals surface area contributed by atoms with Crippen molar-refractivity contribution >= 4 is 5.82 Å². The third-order valence-electron chi connectivity index (χ3n) is 3.08. The minimum Gasteiger partial charge on any atom is -0.493 e. The van der Waals surface area contributed by atoms with Crippen LogP contribution < -0.4 is 9.64 Å². The van der Waals surface area contributed by atoms with Crippen LogP contribution in [0.15, 0.2) is 24.5 Å². The van der Waals surface area contributed by atoms with Crippen LogP contribution >= 0.6 is 0 Å². The van der Waals surface area contributed by atoms with Gasteiger partial charge in [0.2, 0.25) is 0 Å². The number of hydrogen-bond donors (Lipinski definition) is 0. The summed E-state index contributed by atoms with van der Waals surface area (Å²) in [4.78, 5) is 11.0. The fourth-order valence-corrected chi connectivity index (χ4v) is 2.03. The molecule has 19 heavy (non-hydrogen) atoms. The molecule has 0 amide bonds. The number of aromatic nitrogens is 3. The molecule has 0 unspecified atom stereocenters. The zero-order valence-corrected chi connectivity index (χ0v) is 11.9. The number of imidazole rings is 1. The maximum absolute atomic E-state index is 5.37. The van der Waals surface area contributed by atoms with Crippen LogP contribution in [0, 0.1) is 6.92 Å². The van der Waals surface area contributed by atoms with E-state index in [0.717, 1.165) is 29.6 Å². The predicted molar refractivity (Wildman–Crippen MR) is 75.5 cm³/mol. The van der Waals surface area contributed by atoms with Crippen LogP contribution in [-0.4, -0.2) is 28.7 Å². The molecule has 5 heteroatoms. The Labute approximate surface area is 113 Å². The Balaban J connectivity index is 2.24. The van der Waals surface area contributed by atoms with Gasteiger partial charge in [0.25, 0.3) is 0 Å². The quantitative estimate of drug-likeness (QED) is 0.827. The molecule has 0 aliphatic carbocycles. The second-order valence-corrected chi connectivity index (χ2v) is 4.46. The summed E-state index contributed by atoms with van der Waals surface area (Å²) < 4.78 is 7.49. The van der Waals surface area contributed by atoms with Crippen LogP contribution in [0.1, 0.15) is 18.4 Å². The van der Waals surface area contributed by atoms with Gasteiger partial charge in [-0.1, -0.05) is 0 Å². The van der Waals surface area contributed by atoms with E-state index in [2.05, 4.69) is 26.4 Å². The smallest absolute Gasteiger partial charge is 0.171 e. The topological polar surface area (TPSA) is 43.2 Å². The maximum Gasteiger partial charge on any atom is 0.171 e. The Kier molecular flexibility index (Phi) is 4.04. The van der Waals surface area contributed by atoms with E-state index in [1.165, 1.54) is 0 Å². The molecule has 0 fully saturated rings. The molecule has 2 rings (SSSR count). The van der Waals surface area contributed by atoms with Crippen LogP contribution in [0.25, 0.3) is 0 Å². The molecule has 0 spiro atoms. The van der Waals surface area contributed by atoms with Gasteiger partial charge in [-0.25, -0.2) is 9.97 Å². The van der Waals surface area contributed by atoms with Gasteiger partial charge in [-0.05, 0) is 26.0 Å². The van der Waals surface area contributed by atoms with E-state index >= 15 is 0 Å².